The van der Waals surface area contributed by atoms with E-state index in [4.69, 9.17) is 5.73 Å². The van der Waals surface area contributed by atoms with Gasteiger partial charge in [-0.25, -0.2) is 0 Å². The lowest BCUT2D eigenvalue weighted by Gasteiger charge is -2.04. The highest BCUT2D eigenvalue weighted by molar-refractivity contribution is 7.99. The van der Waals surface area contributed by atoms with Crippen molar-refractivity contribution >= 4 is 29.4 Å². The van der Waals surface area contributed by atoms with Gasteiger partial charge in [0.25, 0.3) is 0 Å². The van der Waals surface area contributed by atoms with E-state index in [9.17, 15) is 9.59 Å². The van der Waals surface area contributed by atoms with Crippen molar-refractivity contribution in [3.8, 4) is 0 Å². The first-order valence-corrected chi connectivity index (χ1v) is 6.47. The van der Waals surface area contributed by atoms with Crippen LogP contribution in [0.15, 0.2) is 6.20 Å². The SMILES string of the molecule is CCc1cn[nH]c1NC(=O)CCSCC(N)=O. The lowest BCUT2D eigenvalue weighted by molar-refractivity contribution is -0.116. The van der Waals surface area contributed by atoms with Crippen molar-refractivity contribution < 1.29 is 9.59 Å². The average Bonchev–Trinajstić information content (AvgIpc) is 2.71. The van der Waals surface area contributed by atoms with E-state index >= 15 is 0 Å². The molecule has 94 valence electrons. The summed E-state index contributed by atoms with van der Waals surface area (Å²) in [4.78, 5) is 22.0. The highest BCUT2D eigenvalue weighted by Crippen LogP contribution is 2.12. The molecule has 0 unspecified atom stereocenters. The Morgan fingerprint density at radius 3 is 3.00 bits per heavy atom. The summed E-state index contributed by atoms with van der Waals surface area (Å²) < 4.78 is 0. The zero-order valence-corrected chi connectivity index (χ0v) is 10.5. The summed E-state index contributed by atoms with van der Waals surface area (Å²) in [6.45, 7) is 1.99. The van der Waals surface area contributed by atoms with Gasteiger partial charge in [-0.3, -0.25) is 14.7 Å². The molecule has 17 heavy (non-hydrogen) atoms. The first kappa shape index (κ1) is 13.6. The minimum atomic E-state index is -0.364. The Hall–Kier alpha value is -1.50. The molecule has 1 aromatic heterocycles. The fraction of sp³-hybridized carbons (Fsp3) is 0.500. The van der Waals surface area contributed by atoms with E-state index in [0.29, 0.717) is 18.0 Å². The number of aromatic amines is 1. The first-order chi connectivity index (χ1) is 8.13. The number of rotatable bonds is 7. The van der Waals surface area contributed by atoms with Crippen LogP contribution >= 0.6 is 11.8 Å². The molecule has 0 radical (unpaired) electrons. The predicted octanol–water partition coefficient (Wildman–Crippen LogP) is 0.519. The molecule has 0 saturated carbocycles. The van der Waals surface area contributed by atoms with Crippen LogP contribution < -0.4 is 11.1 Å². The maximum atomic E-state index is 11.5. The largest absolute Gasteiger partial charge is 0.369 e. The fourth-order valence-corrected chi connectivity index (χ4v) is 1.90. The molecule has 0 spiro atoms. The lowest BCUT2D eigenvalue weighted by atomic mass is 10.2. The molecule has 0 aromatic carbocycles. The molecule has 1 rings (SSSR count). The van der Waals surface area contributed by atoms with Gasteiger partial charge < -0.3 is 11.1 Å². The summed E-state index contributed by atoms with van der Waals surface area (Å²) in [5.41, 5.74) is 5.96. The van der Waals surface area contributed by atoms with Gasteiger partial charge in [0.1, 0.15) is 5.82 Å². The van der Waals surface area contributed by atoms with Crippen LogP contribution in [0.1, 0.15) is 18.9 Å². The number of amides is 2. The second-order valence-electron chi connectivity index (χ2n) is 3.44. The van der Waals surface area contributed by atoms with Crippen LogP contribution in [0.2, 0.25) is 0 Å². The maximum absolute atomic E-state index is 11.5. The quantitative estimate of drug-likeness (QED) is 0.619. The molecule has 6 nitrogen and oxygen atoms in total. The number of hydrogen-bond acceptors (Lipinski definition) is 4. The van der Waals surface area contributed by atoms with Gasteiger partial charge in [0.05, 0.1) is 11.9 Å². The summed E-state index contributed by atoms with van der Waals surface area (Å²) in [5, 5.41) is 9.34. The van der Waals surface area contributed by atoms with Crippen molar-refractivity contribution in [1.82, 2.24) is 10.2 Å². The maximum Gasteiger partial charge on any atom is 0.227 e. The van der Waals surface area contributed by atoms with Crippen LogP contribution in [-0.2, 0) is 16.0 Å². The summed E-state index contributed by atoms with van der Waals surface area (Å²) >= 11 is 1.35. The second kappa shape index (κ2) is 6.95. The van der Waals surface area contributed by atoms with Crippen LogP contribution in [0.25, 0.3) is 0 Å². The van der Waals surface area contributed by atoms with Crippen LogP contribution in [0, 0.1) is 0 Å². The Bertz CT molecular complexity index is 391. The Morgan fingerprint density at radius 1 is 1.59 bits per heavy atom. The number of primary amides is 1. The Morgan fingerprint density at radius 2 is 2.35 bits per heavy atom. The molecule has 4 N–H and O–H groups in total. The van der Waals surface area contributed by atoms with E-state index in [0.717, 1.165) is 12.0 Å². The highest BCUT2D eigenvalue weighted by atomic mass is 32.2. The fourth-order valence-electron chi connectivity index (χ4n) is 1.23. The molecule has 0 aliphatic rings. The van der Waals surface area contributed by atoms with Gasteiger partial charge in [0.2, 0.25) is 11.8 Å². The molecule has 1 heterocycles. The van der Waals surface area contributed by atoms with E-state index in [1.807, 2.05) is 6.92 Å². The van der Waals surface area contributed by atoms with Gasteiger partial charge in [-0.2, -0.15) is 16.9 Å². The van der Waals surface area contributed by atoms with Crippen molar-refractivity contribution in [2.24, 2.45) is 5.73 Å². The van der Waals surface area contributed by atoms with E-state index in [1.54, 1.807) is 6.20 Å². The van der Waals surface area contributed by atoms with Gasteiger partial charge in [0.15, 0.2) is 0 Å². The zero-order chi connectivity index (χ0) is 12.7. The zero-order valence-electron chi connectivity index (χ0n) is 9.66. The number of thioether (sulfide) groups is 1. The Labute approximate surface area is 104 Å². The molecule has 0 saturated heterocycles. The minimum Gasteiger partial charge on any atom is -0.369 e. The average molecular weight is 256 g/mol. The van der Waals surface area contributed by atoms with Crippen molar-refractivity contribution in [2.45, 2.75) is 19.8 Å². The van der Waals surface area contributed by atoms with Gasteiger partial charge in [-0.1, -0.05) is 6.92 Å². The van der Waals surface area contributed by atoms with Crippen LogP contribution in [0.3, 0.4) is 0 Å². The molecule has 0 fully saturated rings. The number of aryl methyl sites for hydroxylation is 1. The van der Waals surface area contributed by atoms with Gasteiger partial charge in [-0.05, 0) is 6.42 Å². The number of nitrogens with zero attached hydrogens (tertiary/aromatic N) is 1. The molecule has 0 bridgehead atoms. The number of nitrogens with one attached hydrogen (secondary N) is 2. The van der Waals surface area contributed by atoms with Gasteiger partial charge in [0, 0.05) is 17.7 Å². The number of aromatic nitrogens is 2. The van der Waals surface area contributed by atoms with Crippen LogP contribution in [0.5, 0.6) is 0 Å². The van der Waals surface area contributed by atoms with Gasteiger partial charge >= 0.3 is 0 Å². The molecule has 7 heteroatoms. The predicted molar refractivity (Wildman–Crippen MR) is 67.7 cm³/mol. The summed E-state index contributed by atoms with van der Waals surface area (Å²) in [7, 11) is 0. The number of carbonyl (C=O) groups is 2. The van der Waals surface area contributed by atoms with E-state index in [-0.39, 0.29) is 17.6 Å². The number of anilines is 1. The third-order valence-corrected chi connectivity index (χ3v) is 3.06. The van der Waals surface area contributed by atoms with Gasteiger partial charge in [-0.15, -0.1) is 0 Å². The van der Waals surface area contributed by atoms with E-state index < -0.39 is 0 Å². The number of nitrogens with two attached hydrogens (primary N) is 1. The molecular weight excluding hydrogens is 240 g/mol. The highest BCUT2D eigenvalue weighted by Gasteiger charge is 2.07. The summed E-state index contributed by atoms with van der Waals surface area (Å²) in [6.07, 6.45) is 2.85. The number of carbonyl (C=O) groups excluding carboxylic acids is 2. The number of H-pyrrole nitrogens is 1. The third-order valence-electron chi connectivity index (χ3n) is 2.08. The minimum absolute atomic E-state index is 0.0964. The summed E-state index contributed by atoms with van der Waals surface area (Å²) in [5.74, 6) is 1.01. The van der Waals surface area contributed by atoms with Crippen molar-refractivity contribution in [3.63, 3.8) is 0 Å². The third kappa shape index (κ3) is 4.90. The topological polar surface area (TPSA) is 101 Å². The van der Waals surface area contributed by atoms with Crippen LogP contribution in [-0.4, -0.2) is 33.5 Å². The Kier molecular flexibility index (Phi) is 5.55. The molecule has 1 aromatic rings. The smallest absolute Gasteiger partial charge is 0.227 e. The monoisotopic (exact) mass is 256 g/mol. The lowest BCUT2D eigenvalue weighted by Crippen LogP contribution is -2.16. The van der Waals surface area contributed by atoms with E-state index in [2.05, 4.69) is 15.5 Å². The van der Waals surface area contributed by atoms with Crippen molar-refractivity contribution in [1.29, 1.82) is 0 Å². The molecule has 0 aliphatic carbocycles. The molecular formula is C10H16N4O2S. The van der Waals surface area contributed by atoms with Crippen molar-refractivity contribution in [2.75, 3.05) is 16.8 Å². The molecule has 2 amide bonds. The first-order valence-electron chi connectivity index (χ1n) is 5.31. The summed E-state index contributed by atoms with van der Waals surface area (Å²) in [6, 6.07) is 0. The van der Waals surface area contributed by atoms with E-state index in [1.165, 1.54) is 11.8 Å². The van der Waals surface area contributed by atoms with Crippen LogP contribution in [0.4, 0.5) is 5.82 Å². The van der Waals surface area contributed by atoms with Crippen molar-refractivity contribution in [3.05, 3.63) is 11.8 Å². The molecule has 0 aliphatic heterocycles. The Balaban J connectivity index is 2.27. The number of hydrogen-bond donors (Lipinski definition) is 3. The standard InChI is InChI=1S/C10H16N4O2S/c1-2-7-5-12-14-10(7)13-9(16)3-4-17-6-8(11)15/h5H,2-4,6H2,1H3,(H2,11,15)(H2,12,13,14,16). The second-order valence-corrected chi connectivity index (χ2v) is 4.55. The normalized spacial score (nSPS) is 10.2. The molecule has 0 atom stereocenters.